The van der Waals surface area contributed by atoms with E-state index in [1.807, 2.05) is 0 Å². The van der Waals surface area contributed by atoms with Crippen molar-refractivity contribution in [1.29, 1.82) is 0 Å². The highest BCUT2D eigenvalue weighted by atomic mass is 19.3. The maximum Gasteiger partial charge on any atom is 0.301 e. The summed E-state index contributed by atoms with van der Waals surface area (Å²) < 4.78 is 37.3. The van der Waals surface area contributed by atoms with E-state index in [9.17, 15) is 18.0 Å². The summed E-state index contributed by atoms with van der Waals surface area (Å²) in [5.74, 6) is -2.30. The van der Waals surface area contributed by atoms with Gasteiger partial charge in [-0.3, -0.25) is 4.79 Å². The Hall–Kier alpha value is -0.800. The van der Waals surface area contributed by atoms with Gasteiger partial charge in [0.05, 0.1) is 0 Å². The van der Waals surface area contributed by atoms with E-state index in [1.54, 1.807) is 0 Å². The number of hydrogen-bond acceptors (Lipinski definition) is 1. The molecular weight excluding hydrogens is 205 g/mol. The Morgan fingerprint density at radius 2 is 1.93 bits per heavy atom. The fraction of sp³-hybridized carbons (Fsp3) is 0.727. The molecule has 2 saturated carbocycles. The van der Waals surface area contributed by atoms with Gasteiger partial charge in [0.15, 0.2) is 5.83 Å². The van der Waals surface area contributed by atoms with Crippen LogP contribution >= 0.6 is 0 Å². The highest BCUT2D eigenvalue weighted by Gasteiger charge is 2.45. The van der Waals surface area contributed by atoms with Crippen molar-refractivity contribution in [3.05, 3.63) is 11.9 Å². The van der Waals surface area contributed by atoms with Crippen molar-refractivity contribution in [1.82, 2.24) is 0 Å². The number of hydrogen-bond donors (Lipinski definition) is 0. The van der Waals surface area contributed by atoms with Crippen LogP contribution in [0.3, 0.4) is 0 Å². The Morgan fingerprint density at radius 3 is 2.40 bits per heavy atom. The molecule has 0 bridgehead atoms. The molecule has 1 atom stereocenters. The minimum absolute atomic E-state index is 0.0507. The van der Waals surface area contributed by atoms with Crippen LogP contribution in [-0.4, -0.2) is 5.78 Å². The van der Waals surface area contributed by atoms with Gasteiger partial charge in [0.25, 0.3) is 0 Å². The van der Waals surface area contributed by atoms with E-state index in [0.29, 0.717) is 12.8 Å². The number of ketones is 1. The van der Waals surface area contributed by atoms with Gasteiger partial charge in [-0.05, 0) is 24.7 Å². The van der Waals surface area contributed by atoms with Crippen LogP contribution in [0.5, 0.6) is 0 Å². The van der Waals surface area contributed by atoms with E-state index < -0.39 is 17.8 Å². The van der Waals surface area contributed by atoms with Crippen LogP contribution in [0.25, 0.3) is 0 Å². The van der Waals surface area contributed by atoms with Gasteiger partial charge >= 0.3 is 6.08 Å². The molecule has 2 rings (SSSR count). The summed E-state index contributed by atoms with van der Waals surface area (Å²) in [5, 5.41) is 0. The molecule has 2 aliphatic carbocycles. The molecule has 0 saturated heterocycles. The van der Waals surface area contributed by atoms with Gasteiger partial charge in [0, 0.05) is 18.8 Å². The van der Waals surface area contributed by atoms with Crippen molar-refractivity contribution >= 4 is 5.78 Å². The fourth-order valence-corrected chi connectivity index (χ4v) is 2.82. The molecule has 84 valence electrons. The first-order valence-electron chi connectivity index (χ1n) is 5.25. The number of halogens is 3. The summed E-state index contributed by atoms with van der Waals surface area (Å²) in [6.07, 6.45) is 1.37. The Morgan fingerprint density at radius 1 is 1.27 bits per heavy atom. The molecule has 0 aromatic rings. The minimum atomic E-state index is -2.26. The number of carbonyl (C=O) groups excluding carboxylic acids is 1. The molecule has 0 radical (unpaired) electrons. The first-order valence-corrected chi connectivity index (χ1v) is 5.25. The molecule has 1 nitrogen and oxygen atoms in total. The lowest BCUT2D eigenvalue weighted by molar-refractivity contribution is -0.128. The molecule has 1 spiro atoms. The summed E-state index contributed by atoms with van der Waals surface area (Å²) >= 11 is 0. The lowest BCUT2D eigenvalue weighted by atomic mass is 9.58. The zero-order valence-corrected chi connectivity index (χ0v) is 8.36. The van der Waals surface area contributed by atoms with E-state index >= 15 is 0 Å². The van der Waals surface area contributed by atoms with Crippen LogP contribution in [-0.2, 0) is 4.79 Å². The number of rotatable bonds is 1. The quantitative estimate of drug-likeness (QED) is 0.657. The van der Waals surface area contributed by atoms with E-state index in [4.69, 9.17) is 0 Å². The maximum atomic E-state index is 13.1. The molecule has 4 heteroatoms. The van der Waals surface area contributed by atoms with E-state index in [-0.39, 0.29) is 17.6 Å². The third kappa shape index (κ3) is 1.94. The van der Waals surface area contributed by atoms with Crippen molar-refractivity contribution in [2.45, 2.75) is 38.5 Å². The number of carbonyl (C=O) groups is 1. The van der Waals surface area contributed by atoms with Crippen molar-refractivity contribution < 1.29 is 18.0 Å². The van der Waals surface area contributed by atoms with Gasteiger partial charge in [0.1, 0.15) is 5.78 Å². The Bertz CT molecular complexity index is 314. The second kappa shape index (κ2) is 3.65. The molecule has 0 aromatic heterocycles. The van der Waals surface area contributed by atoms with Crippen LogP contribution in [0.4, 0.5) is 13.2 Å². The van der Waals surface area contributed by atoms with Crippen LogP contribution < -0.4 is 0 Å². The van der Waals surface area contributed by atoms with Gasteiger partial charge in [-0.1, -0.05) is 6.42 Å². The summed E-state index contributed by atoms with van der Waals surface area (Å²) in [5.41, 5.74) is -0.146. The molecule has 2 fully saturated rings. The monoisotopic (exact) mass is 218 g/mol. The maximum absolute atomic E-state index is 13.1. The first-order chi connectivity index (χ1) is 7.02. The second-order valence-corrected chi connectivity index (χ2v) is 4.78. The van der Waals surface area contributed by atoms with Crippen molar-refractivity contribution in [2.75, 3.05) is 0 Å². The van der Waals surface area contributed by atoms with Gasteiger partial charge < -0.3 is 0 Å². The van der Waals surface area contributed by atoms with E-state index in [2.05, 4.69) is 0 Å². The molecular formula is C11H13F3O. The highest BCUT2D eigenvalue weighted by Crippen LogP contribution is 2.53. The van der Waals surface area contributed by atoms with Gasteiger partial charge in [-0.2, -0.15) is 8.78 Å². The molecule has 15 heavy (non-hydrogen) atoms. The molecule has 1 unspecified atom stereocenters. The smallest absolute Gasteiger partial charge is 0.300 e. The van der Waals surface area contributed by atoms with Crippen molar-refractivity contribution in [3.63, 3.8) is 0 Å². The van der Waals surface area contributed by atoms with Gasteiger partial charge in [0.2, 0.25) is 0 Å². The number of Topliss-reactive ketones (excluding diaryl/α,β-unsaturated/α-hetero) is 1. The minimum Gasteiger partial charge on any atom is -0.300 e. The molecule has 0 amide bonds. The fourth-order valence-electron chi connectivity index (χ4n) is 2.82. The molecule has 0 aromatic carbocycles. The number of allylic oxidation sites excluding steroid dienone is 1. The van der Waals surface area contributed by atoms with Crippen LogP contribution in [0.2, 0.25) is 0 Å². The summed E-state index contributed by atoms with van der Waals surface area (Å²) in [6, 6.07) is 0. The first kappa shape index (κ1) is 10.7. The predicted molar refractivity (Wildman–Crippen MR) is 49.0 cm³/mol. The summed E-state index contributed by atoms with van der Waals surface area (Å²) in [4.78, 5) is 11.4. The SMILES string of the molecule is O=C1CC(C(F)=C(F)F)CC2(CCC2)C1. The lowest BCUT2D eigenvalue weighted by Crippen LogP contribution is -2.39. The predicted octanol–water partition coefficient (Wildman–Crippen LogP) is 3.60. The van der Waals surface area contributed by atoms with Crippen molar-refractivity contribution in [2.24, 2.45) is 11.3 Å². The lowest BCUT2D eigenvalue weighted by Gasteiger charge is -2.46. The Kier molecular flexibility index (Phi) is 2.61. The van der Waals surface area contributed by atoms with Crippen molar-refractivity contribution in [3.8, 4) is 0 Å². The molecule has 0 aliphatic heterocycles. The summed E-state index contributed by atoms with van der Waals surface area (Å²) in [7, 11) is 0. The third-order valence-electron chi connectivity index (χ3n) is 3.68. The van der Waals surface area contributed by atoms with E-state index in [0.717, 1.165) is 19.3 Å². The van der Waals surface area contributed by atoms with E-state index in [1.165, 1.54) is 0 Å². The second-order valence-electron chi connectivity index (χ2n) is 4.78. The van der Waals surface area contributed by atoms with Gasteiger partial charge in [-0.15, -0.1) is 0 Å². The largest absolute Gasteiger partial charge is 0.301 e. The Labute approximate surface area is 86.3 Å². The van der Waals surface area contributed by atoms with Crippen LogP contribution in [0.15, 0.2) is 11.9 Å². The third-order valence-corrected chi connectivity index (χ3v) is 3.68. The zero-order valence-electron chi connectivity index (χ0n) is 8.36. The standard InChI is InChI=1S/C11H13F3O/c12-9(10(13)14)7-4-8(15)6-11(5-7)2-1-3-11/h7H,1-6H2. The molecule has 0 N–H and O–H groups in total. The van der Waals surface area contributed by atoms with Gasteiger partial charge in [-0.25, -0.2) is 4.39 Å². The zero-order chi connectivity index (χ0) is 11.1. The van der Waals surface area contributed by atoms with Crippen LogP contribution in [0, 0.1) is 11.3 Å². The topological polar surface area (TPSA) is 17.1 Å². The Balaban J connectivity index is 2.14. The average molecular weight is 218 g/mol. The average Bonchev–Trinajstić information content (AvgIpc) is 2.13. The molecule has 0 heterocycles. The molecule has 2 aliphatic rings. The summed E-state index contributed by atoms with van der Waals surface area (Å²) in [6.45, 7) is 0. The highest BCUT2D eigenvalue weighted by molar-refractivity contribution is 5.80. The normalized spacial score (nSPS) is 28.7. The van der Waals surface area contributed by atoms with Crippen LogP contribution in [0.1, 0.15) is 38.5 Å².